The first kappa shape index (κ1) is 15.5. The summed E-state index contributed by atoms with van der Waals surface area (Å²) < 4.78 is 0. The third-order valence-electron chi connectivity index (χ3n) is 1.51. The van der Waals surface area contributed by atoms with Crippen LogP contribution in [-0.2, 0) is 0 Å². The molecule has 0 aliphatic heterocycles. The molecule has 0 bridgehead atoms. The van der Waals surface area contributed by atoms with E-state index in [2.05, 4.69) is 4.98 Å². The van der Waals surface area contributed by atoms with Crippen molar-refractivity contribution in [2.45, 2.75) is 5.03 Å². The molecule has 1 aromatic heterocycles. The van der Waals surface area contributed by atoms with Crippen molar-refractivity contribution in [2.24, 2.45) is 0 Å². The van der Waals surface area contributed by atoms with Gasteiger partial charge in [-0.2, -0.15) is 0 Å². The second-order valence-corrected chi connectivity index (χ2v) is 6.54. The van der Waals surface area contributed by atoms with Crippen molar-refractivity contribution >= 4 is 73.2 Å². The molecule has 0 saturated heterocycles. The summed E-state index contributed by atoms with van der Waals surface area (Å²) in [5.41, 5.74) is 0. The predicted octanol–water partition coefficient (Wildman–Crippen LogP) is 5.12. The van der Waals surface area contributed by atoms with Gasteiger partial charge in [-0.25, -0.2) is 4.98 Å². The summed E-state index contributed by atoms with van der Waals surface area (Å²) in [6.07, 6.45) is 0. The highest BCUT2D eigenvalue weighted by atomic mass is 35.5. The molecule has 3 nitrogen and oxygen atoms in total. The minimum atomic E-state index is -0.143. The van der Waals surface area contributed by atoms with Crippen LogP contribution in [0.25, 0.3) is 0 Å². The number of pyridine rings is 1. The molecule has 1 amide bonds. The summed E-state index contributed by atoms with van der Waals surface area (Å²) in [5.74, 6) is 0. The van der Waals surface area contributed by atoms with Gasteiger partial charge in [0.2, 0.25) is 0 Å². The lowest BCUT2D eigenvalue weighted by molar-refractivity contribution is 0.241. The van der Waals surface area contributed by atoms with Crippen LogP contribution in [0.5, 0.6) is 0 Å². The van der Waals surface area contributed by atoms with E-state index in [-0.39, 0.29) is 25.5 Å². The van der Waals surface area contributed by atoms with Gasteiger partial charge in [0, 0.05) is 24.9 Å². The minimum Gasteiger partial charge on any atom is -0.339 e. The van der Waals surface area contributed by atoms with E-state index in [0.717, 1.165) is 21.6 Å². The number of aromatic nitrogens is 1. The second-order valence-electron chi connectivity index (χ2n) is 2.98. The van der Waals surface area contributed by atoms with E-state index in [4.69, 9.17) is 46.4 Å². The van der Waals surface area contributed by atoms with Crippen LogP contribution in [0.4, 0.5) is 4.79 Å². The van der Waals surface area contributed by atoms with Crippen molar-refractivity contribution in [1.82, 2.24) is 9.88 Å². The molecule has 0 unspecified atom stereocenters. The number of rotatable bonds is 2. The standard InChI is InChI=1S/C8H6Cl4N2OS2/c1-14(2)8(15)17-16-7-5(11)3(9)4(10)6(12)13-7/h1-2H3. The maximum absolute atomic E-state index is 11.4. The van der Waals surface area contributed by atoms with Crippen LogP contribution in [0.15, 0.2) is 5.03 Å². The number of carbonyl (C=O) groups is 1. The van der Waals surface area contributed by atoms with Crippen LogP contribution >= 0.6 is 68.0 Å². The Labute approximate surface area is 127 Å². The normalized spacial score (nSPS) is 10.5. The number of hydrogen-bond acceptors (Lipinski definition) is 4. The Kier molecular flexibility index (Phi) is 6.02. The molecule has 0 aliphatic rings. The van der Waals surface area contributed by atoms with Gasteiger partial charge in [-0.1, -0.05) is 46.4 Å². The summed E-state index contributed by atoms with van der Waals surface area (Å²) in [4.78, 5) is 16.8. The fourth-order valence-corrected chi connectivity index (χ4v) is 3.62. The molecule has 0 atom stereocenters. The van der Waals surface area contributed by atoms with Crippen molar-refractivity contribution in [2.75, 3.05) is 14.1 Å². The molecule has 1 aromatic rings. The monoisotopic (exact) mass is 350 g/mol. The predicted molar refractivity (Wildman–Crippen MR) is 76.8 cm³/mol. The minimum absolute atomic E-state index is 0.0569. The zero-order valence-electron chi connectivity index (χ0n) is 8.63. The van der Waals surface area contributed by atoms with Gasteiger partial charge in [0.05, 0.1) is 15.1 Å². The molecule has 94 valence electrons. The summed E-state index contributed by atoms with van der Waals surface area (Å²) >= 11 is 23.3. The largest absolute Gasteiger partial charge is 0.339 e. The average molecular weight is 352 g/mol. The van der Waals surface area contributed by atoms with Gasteiger partial charge in [-0.15, -0.1) is 0 Å². The Morgan fingerprint density at radius 1 is 1.12 bits per heavy atom. The van der Waals surface area contributed by atoms with E-state index >= 15 is 0 Å². The van der Waals surface area contributed by atoms with E-state index in [1.54, 1.807) is 14.1 Å². The summed E-state index contributed by atoms with van der Waals surface area (Å²) in [6, 6.07) is 0. The van der Waals surface area contributed by atoms with Gasteiger partial charge in [-0.05, 0) is 10.8 Å². The zero-order chi connectivity index (χ0) is 13.2. The number of nitrogens with zero attached hydrogens (tertiary/aromatic N) is 2. The molecule has 0 N–H and O–H groups in total. The maximum atomic E-state index is 11.4. The van der Waals surface area contributed by atoms with Crippen LogP contribution in [0.1, 0.15) is 0 Å². The molecule has 0 spiro atoms. The lowest BCUT2D eigenvalue weighted by atomic mass is 10.5. The fourth-order valence-electron chi connectivity index (χ4n) is 0.673. The molecule has 0 aromatic carbocycles. The fraction of sp³-hybridized carbons (Fsp3) is 0.250. The lowest BCUT2D eigenvalue weighted by Crippen LogP contribution is -2.15. The first-order valence-corrected chi connectivity index (χ1v) is 7.76. The van der Waals surface area contributed by atoms with Crippen LogP contribution in [0.2, 0.25) is 20.2 Å². The molecular formula is C8H6Cl4N2OS2. The summed E-state index contributed by atoms with van der Waals surface area (Å²) in [5, 5.41) is 0.688. The lowest BCUT2D eigenvalue weighted by Gasteiger charge is -2.09. The van der Waals surface area contributed by atoms with Crippen molar-refractivity contribution in [3.8, 4) is 0 Å². The van der Waals surface area contributed by atoms with E-state index < -0.39 is 0 Å². The first-order valence-electron chi connectivity index (χ1n) is 4.10. The second kappa shape index (κ2) is 6.59. The van der Waals surface area contributed by atoms with E-state index in [1.807, 2.05) is 0 Å². The number of hydrogen-bond donors (Lipinski definition) is 0. The van der Waals surface area contributed by atoms with Crippen LogP contribution in [0.3, 0.4) is 0 Å². The quantitative estimate of drug-likeness (QED) is 0.547. The number of carbonyl (C=O) groups excluding carboxylic acids is 1. The van der Waals surface area contributed by atoms with Crippen molar-refractivity contribution in [3.05, 3.63) is 20.2 Å². The first-order chi connectivity index (χ1) is 7.84. The third-order valence-corrected chi connectivity index (χ3v) is 5.50. The Morgan fingerprint density at radius 2 is 1.71 bits per heavy atom. The van der Waals surface area contributed by atoms with Gasteiger partial charge < -0.3 is 4.90 Å². The van der Waals surface area contributed by atoms with Gasteiger partial charge in [0.1, 0.15) is 5.03 Å². The van der Waals surface area contributed by atoms with Gasteiger partial charge in [0.25, 0.3) is 5.24 Å². The summed E-state index contributed by atoms with van der Waals surface area (Å²) in [6.45, 7) is 0. The highest BCUT2D eigenvalue weighted by Gasteiger charge is 2.17. The Hall–Kier alpha value is 0.480. The molecule has 0 fully saturated rings. The van der Waals surface area contributed by atoms with Crippen molar-refractivity contribution in [3.63, 3.8) is 0 Å². The Balaban J connectivity index is 2.89. The van der Waals surface area contributed by atoms with Crippen molar-refractivity contribution in [1.29, 1.82) is 0 Å². The number of halogens is 4. The molecule has 0 saturated carbocycles. The average Bonchev–Trinajstić information content (AvgIpc) is 2.28. The molecule has 9 heteroatoms. The molecular weight excluding hydrogens is 346 g/mol. The smallest absolute Gasteiger partial charge is 0.292 e. The highest BCUT2D eigenvalue weighted by Crippen LogP contribution is 2.43. The highest BCUT2D eigenvalue weighted by molar-refractivity contribution is 8.82. The van der Waals surface area contributed by atoms with Crippen LogP contribution in [-0.4, -0.2) is 29.2 Å². The van der Waals surface area contributed by atoms with E-state index in [1.165, 1.54) is 4.90 Å². The third kappa shape index (κ3) is 3.98. The van der Waals surface area contributed by atoms with Gasteiger partial charge >= 0.3 is 0 Å². The number of amides is 1. The Morgan fingerprint density at radius 3 is 2.24 bits per heavy atom. The van der Waals surface area contributed by atoms with Crippen LogP contribution in [0, 0.1) is 0 Å². The van der Waals surface area contributed by atoms with E-state index in [9.17, 15) is 4.79 Å². The topological polar surface area (TPSA) is 33.2 Å². The summed E-state index contributed by atoms with van der Waals surface area (Å²) in [7, 11) is 5.34. The molecule has 0 aliphatic carbocycles. The SMILES string of the molecule is CN(C)C(=O)SSc1nc(Cl)c(Cl)c(Cl)c1Cl. The van der Waals surface area contributed by atoms with Crippen molar-refractivity contribution < 1.29 is 4.79 Å². The molecule has 1 heterocycles. The molecule has 0 radical (unpaired) electrons. The maximum Gasteiger partial charge on any atom is 0.292 e. The van der Waals surface area contributed by atoms with Crippen LogP contribution < -0.4 is 0 Å². The zero-order valence-corrected chi connectivity index (χ0v) is 13.3. The van der Waals surface area contributed by atoms with E-state index in [0.29, 0.717) is 5.03 Å². The van der Waals surface area contributed by atoms with Gasteiger partial charge in [-0.3, -0.25) is 4.79 Å². The van der Waals surface area contributed by atoms with Gasteiger partial charge in [0.15, 0.2) is 5.15 Å². The molecule has 17 heavy (non-hydrogen) atoms. The molecule has 1 rings (SSSR count). The Bertz CT molecular complexity index is 456.